The second kappa shape index (κ2) is 9.41. The highest BCUT2D eigenvalue weighted by Crippen LogP contribution is 2.36. The minimum absolute atomic E-state index is 0.0165. The maximum absolute atomic E-state index is 12.8. The summed E-state index contributed by atoms with van der Waals surface area (Å²) in [5, 5.41) is 5.62. The van der Waals surface area contributed by atoms with Crippen LogP contribution in [0.5, 0.6) is 0 Å². The highest BCUT2D eigenvalue weighted by molar-refractivity contribution is 5.79. The fourth-order valence-corrected chi connectivity index (χ4v) is 4.21. The van der Waals surface area contributed by atoms with E-state index in [4.69, 9.17) is 5.73 Å². The van der Waals surface area contributed by atoms with Crippen LogP contribution in [0.25, 0.3) is 0 Å². The number of alkyl halides is 3. The summed E-state index contributed by atoms with van der Waals surface area (Å²) in [6.07, 6.45) is -1.95. The van der Waals surface area contributed by atoms with E-state index in [1.165, 1.54) is 12.1 Å². The summed E-state index contributed by atoms with van der Waals surface area (Å²) in [5.41, 5.74) is 7.15. The molecule has 31 heavy (non-hydrogen) atoms. The molecule has 0 radical (unpaired) electrons. The molecule has 0 bridgehead atoms. The lowest BCUT2D eigenvalue weighted by atomic mass is 9.93. The van der Waals surface area contributed by atoms with Gasteiger partial charge >= 0.3 is 12.2 Å². The first-order valence-corrected chi connectivity index (χ1v) is 10.2. The Morgan fingerprint density at radius 2 is 1.84 bits per heavy atom. The third kappa shape index (κ3) is 5.99. The number of hydrogen-bond acceptors (Lipinski definition) is 2. The molecule has 0 aliphatic heterocycles. The van der Waals surface area contributed by atoms with Gasteiger partial charge in [-0.2, -0.15) is 13.2 Å². The van der Waals surface area contributed by atoms with Crippen LogP contribution in [-0.4, -0.2) is 18.0 Å². The number of urea groups is 1. The number of rotatable bonds is 6. The van der Waals surface area contributed by atoms with Crippen LogP contribution < -0.4 is 16.4 Å². The number of carbonyl (C=O) groups is 2. The van der Waals surface area contributed by atoms with Crippen LogP contribution >= 0.6 is 0 Å². The molecule has 0 spiro atoms. The molecule has 0 aromatic heterocycles. The zero-order valence-electron chi connectivity index (χ0n) is 17.2. The molecule has 166 valence electrons. The maximum atomic E-state index is 12.8. The standard InChI is InChI=1S/C23H26F3N3O2/c1-14-4-2-5-16(12-14)20(29-22(27)31)13-21(30)28-19-7-3-6-18(19)15-8-10-17(11-9-15)23(24,25)26/h2,4-5,8-12,18-20H,3,6-7,13H2,1H3,(H,28,30)(H3,27,29,31)/t18-,19+,20?/m0/s1. The zero-order chi connectivity index (χ0) is 22.6. The van der Waals surface area contributed by atoms with E-state index in [0.717, 1.165) is 48.1 Å². The van der Waals surface area contributed by atoms with Crippen LogP contribution in [0.4, 0.5) is 18.0 Å². The molecule has 3 rings (SSSR count). The van der Waals surface area contributed by atoms with Gasteiger partial charge in [0.15, 0.2) is 0 Å². The Bertz CT molecular complexity index is 928. The monoisotopic (exact) mass is 433 g/mol. The highest BCUT2D eigenvalue weighted by atomic mass is 19.4. The van der Waals surface area contributed by atoms with E-state index in [9.17, 15) is 22.8 Å². The average Bonchev–Trinajstić information content (AvgIpc) is 3.14. The largest absolute Gasteiger partial charge is 0.416 e. The lowest BCUT2D eigenvalue weighted by Gasteiger charge is -2.24. The maximum Gasteiger partial charge on any atom is 0.416 e. The number of hydrogen-bond donors (Lipinski definition) is 3. The third-order valence-corrected chi connectivity index (χ3v) is 5.68. The van der Waals surface area contributed by atoms with Crippen LogP contribution in [0.3, 0.4) is 0 Å². The van der Waals surface area contributed by atoms with Crippen molar-refractivity contribution in [2.24, 2.45) is 5.73 Å². The Kier molecular flexibility index (Phi) is 6.87. The summed E-state index contributed by atoms with van der Waals surface area (Å²) in [4.78, 5) is 24.2. The molecule has 0 heterocycles. The number of amides is 3. The molecule has 8 heteroatoms. The van der Waals surface area contributed by atoms with Gasteiger partial charge in [0.25, 0.3) is 0 Å². The van der Waals surface area contributed by atoms with E-state index in [0.29, 0.717) is 0 Å². The van der Waals surface area contributed by atoms with Crippen molar-refractivity contribution in [3.05, 3.63) is 70.8 Å². The number of nitrogens with two attached hydrogens (primary N) is 1. The zero-order valence-corrected chi connectivity index (χ0v) is 17.2. The Balaban J connectivity index is 1.68. The third-order valence-electron chi connectivity index (χ3n) is 5.68. The van der Waals surface area contributed by atoms with Gasteiger partial charge in [-0.3, -0.25) is 4.79 Å². The minimum atomic E-state index is -4.37. The molecule has 3 amide bonds. The second-order valence-electron chi connectivity index (χ2n) is 8.01. The molecular weight excluding hydrogens is 407 g/mol. The van der Waals surface area contributed by atoms with Gasteiger partial charge in [0.05, 0.1) is 18.0 Å². The summed E-state index contributed by atoms with van der Waals surface area (Å²) in [7, 11) is 0. The molecule has 0 saturated heterocycles. The minimum Gasteiger partial charge on any atom is -0.353 e. The Morgan fingerprint density at radius 3 is 2.45 bits per heavy atom. The number of benzene rings is 2. The van der Waals surface area contributed by atoms with Gasteiger partial charge in [0.2, 0.25) is 5.91 Å². The van der Waals surface area contributed by atoms with Gasteiger partial charge in [-0.25, -0.2) is 4.79 Å². The highest BCUT2D eigenvalue weighted by Gasteiger charge is 2.33. The first kappa shape index (κ1) is 22.7. The van der Waals surface area contributed by atoms with Crippen molar-refractivity contribution in [1.29, 1.82) is 0 Å². The van der Waals surface area contributed by atoms with Crippen LogP contribution in [0.1, 0.15) is 59.9 Å². The van der Waals surface area contributed by atoms with Crippen molar-refractivity contribution in [2.75, 3.05) is 0 Å². The first-order chi connectivity index (χ1) is 14.6. The molecule has 4 N–H and O–H groups in total. The summed E-state index contributed by atoms with van der Waals surface area (Å²) >= 11 is 0. The van der Waals surface area contributed by atoms with E-state index < -0.39 is 23.8 Å². The van der Waals surface area contributed by atoms with Gasteiger partial charge < -0.3 is 16.4 Å². The predicted molar refractivity (Wildman–Crippen MR) is 111 cm³/mol. The van der Waals surface area contributed by atoms with Gasteiger partial charge in [-0.1, -0.05) is 48.4 Å². The fraction of sp³-hybridized carbons (Fsp3) is 0.391. The fourth-order valence-electron chi connectivity index (χ4n) is 4.21. The Morgan fingerprint density at radius 1 is 1.13 bits per heavy atom. The van der Waals surface area contributed by atoms with Gasteiger partial charge in [0, 0.05) is 12.0 Å². The molecule has 1 aliphatic carbocycles. The quantitative estimate of drug-likeness (QED) is 0.624. The molecule has 1 saturated carbocycles. The van der Waals surface area contributed by atoms with E-state index in [-0.39, 0.29) is 24.3 Å². The number of nitrogens with one attached hydrogen (secondary N) is 2. The first-order valence-electron chi connectivity index (χ1n) is 10.2. The van der Waals surface area contributed by atoms with Crippen molar-refractivity contribution in [3.63, 3.8) is 0 Å². The van der Waals surface area contributed by atoms with Crippen molar-refractivity contribution in [3.8, 4) is 0 Å². The summed E-state index contributed by atoms with van der Waals surface area (Å²) < 4.78 is 38.5. The van der Waals surface area contributed by atoms with Crippen molar-refractivity contribution in [2.45, 2.75) is 56.8 Å². The molecule has 2 aromatic rings. The van der Waals surface area contributed by atoms with Gasteiger partial charge in [-0.05, 0) is 43.0 Å². The molecule has 2 aromatic carbocycles. The SMILES string of the molecule is Cc1cccc(C(CC(=O)N[C@@H]2CCC[C@H]2c2ccc(C(F)(F)F)cc2)NC(N)=O)c1. The molecule has 3 atom stereocenters. The van der Waals surface area contributed by atoms with E-state index in [2.05, 4.69) is 10.6 Å². The normalized spacial score (nSPS) is 19.6. The molecule has 1 fully saturated rings. The van der Waals surface area contributed by atoms with Crippen LogP contribution in [0.15, 0.2) is 48.5 Å². The smallest absolute Gasteiger partial charge is 0.353 e. The summed E-state index contributed by atoms with van der Waals surface area (Å²) in [5.74, 6) is -0.295. The Labute approximate surface area is 179 Å². The van der Waals surface area contributed by atoms with Crippen LogP contribution in [-0.2, 0) is 11.0 Å². The number of carbonyl (C=O) groups excluding carboxylic acids is 2. The van der Waals surface area contributed by atoms with Crippen LogP contribution in [0, 0.1) is 6.92 Å². The molecule has 5 nitrogen and oxygen atoms in total. The van der Waals surface area contributed by atoms with Gasteiger partial charge in [0.1, 0.15) is 0 Å². The van der Waals surface area contributed by atoms with Crippen molar-refractivity contribution >= 4 is 11.9 Å². The molecule has 1 aliphatic rings. The van der Waals surface area contributed by atoms with Crippen LogP contribution in [0.2, 0.25) is 0 Å². The van der Waals surface area contributed by atoms with Crippen molar-refractivity contribution in [1.82, 2.24) is 10.6 Å². The molecular formula is C23H26F3N3O2. The summed E-state index contributed by atoms with van der Waals surface area (Å²) in [6, 6.07) is 11.1. The lowest BCUT2D eigenvalue weighted by Crippen LogP contribution is -2.40. The molecule has 1 unspecified atom stereocenters. The topological polar surface area (TPSA) is 84.2 Å². The average molecular weight is 433 g/mol. The number of aryl methyl sites for hydroxylation is 1. The predicted octanol–water partition coefficient (Wildman–Crippen LogP) is 4.57. The van der Waals surface area contributed by atoms with E-state index in [1.807, 2.05) is 31.2 Å². The second-order valence-corrected chi connectivity index (χ2v) is 8.01. The Hall–Kier alpha value is -3.03. The number of primary amides is 1. The van der Waals surface area contributed by atoms with Gasteiger partial charge in [-0.15, -0.1) is 0 Å². The van der Waals surface area contributed by atoms with E-state index in [1.54, 1.807) is 0 Å². The van der Waals surface area contributed by atoms with E-state index >= 15 is 0 Å². The lowest BCUT2D eigenvalue weighted by molar-refractivity contribution is -0.137. The summed E-state index contributed by atoms with van der Waals surface area (Å²) in [6.45, 7) is 1.91. The number of halogens is 3. The van der Waals surface area contributed by atoms with Crippen molar-refractivity contribution < 1.29 is 22.8 Å².